The topological polar surface area (TPSA) is 53.6 Å². The molecule has 1 fully saturated rings. The number of aliphatic imine (C=N–C) groups is 1. The SMILES string of the molecule is CCCCCCNC(N)=NCc1ccc(N2CCSCC2)cc1. The molecule has 0 amide bonds. The number of hydrogen-bond acceptors (Lipinski definition) is 3. The first-order chi connectivity index (χ1) is 11.3. The number of unbranched alkanes of at least 4 members (excludes halogenated alkanes) is 3. The van der Waals surface area contributed by atoms with Crippen molar-refractivity contribution in [2.75, 3.05) is 36.0 Å². The number of thioether (sulfide) groups is 1. The number of hydrogen-bond donors (Lipinski definition) is 2. The van der Waals surface area contributed by atoms with E-state index >= 15 is 0 Å². The summed E-state index contributed by atoms with van der Waals surface area (Å²) in [5, 5.41) is 3.19. The van der Waals surface area contributed by atoms with Gasteiger partial charge in [-0.2, -0.15) is 11.8 Å². The van der Waals surface area contributed by atoms with Crippen molar-refractivity contribution in [1.82, 2.24) is 5.32 Å². The van der Waals surface area contributed by atoms with E-state index in [-0.39, 0.29) is 0 Å². The van der Waals surface area contributed by atoms with Crippen molar-refractivity contribution in [1.29, 1.82) is 0 Å². The van der Waals surface area contributed by atoms with Gasteiger partial charge in [0.1, 0.15) is 0 Å². The van der Waals surface area contributed by atoms with E-state index in [1.807, 2.05) is 11.8 Å². The van der Waals surface area contributed by atoms with E-state index in [1.54, 1.807) is 0 Å². The van der Waals surface area contributed by atoms with E-state index in [4.69, 9.17) is 5.73 Å². The third kappa shape index (κ3) is 6.73. The Hall–Kier alpha value is -1.36. The average molecular weight is 335 g/mol. The monoisotopic (exact) mass is 334 g/mol. The smallest absolute Gasteiger partial charge is 0.188 e. The van der Waals surface area contributed by atoms with Gasteiger partial charge in [-0.3, -0.25) is 0 Å². The molecule has 1 aromatic carbocycles. The van der Waals surface area contributed by atoms with Crippen LogP contribution >= 0.6 is 11.8 Å². The van der Waals surface area contributed by atoms with Gasteiger partial charge >= 0.3 is 0 Å². The average Bonchev–Trinajstić information content (AvgIpc) is 2.61. The van der Waals surface area contributed by atoms with Gasteiger partial charge in [0.05, 0.1) is 6.54 Å². The highest BCUT2D eigenvalue weighted by Crippen LogP contribution is 2.20. The summed E-state index contributed by atoms with van der Waals surface area (Å²) >= 11 is 2.04. The van der Waals surface area contributed by atoms with Gasteiger partial charge in [-0.1, -0.05) is 38.3 Å². The summed E-state index contributed by atoms with van der Waals surface area (Å²) < 4.78 is 0. The molecule has 1 aliphatic rings. The van der Waals surface area contributed by atoms with Crippen LogP contribution in [-0.4, -0.2) is 37.1 Å². The maximum atomic E-state index is 5.91. The van der Waals surface area contributed by atoms with Gasteiger partial charge in [0.25, 0.3) is 0 Å². The van der Waals surface area contributed by atoms with Crippen molar-refractivity contribution >= 4 is 23.4 Å². The Labute approximate surface area is 144 Å². The summed E-state index contributed by atoms with van der Waals surface area (Å²) in [6.45, 7) is 6.08. The van der Waals surface area contributed by atoms with Crippen molar-refractivity contribution < 1.29 is 0 Å². The summed E-state index contributed by atoms with van der Waals surface area (Å²) in [6.07, 6.45) is 4.97. The van der Waals surface area contributed by atoms with Crippen LogP contribution < -0.4 is 16.0 Å². The molecule has 0 aromatic heterocycles. The molecular formula is C18H30N4S. The molecule has 1 heterocycles. The molecule has 0 saturated carbocycles. The van der Waals surface area contributed by atoms with Crippen molar-refractivity contribution in [3.63, 3.8) is 0 Å². The first kappa shape index (κ1) is 18.0. The highest BCUT2D eigenvalue weighted by molar-refractivity contribution is 7.99. The zero-order valence-corrected chi connectivity index (χ0v) is 15.1. The summed E-state index contributed by atoms with van der Waals surface area (Å²) in [6, 6.07) is 8.73. The maximum Gasteiger partial charge on any atom is 0.188 e. The van der Waals surface area contributed by atoms with Crippen LogP contribution in [0.3, 0.4) is 0 Å². The number of nitrogens with one attached hydrogen (secondary N) is 1. The van der Waals surface area contributed by atoms with Crippen LogP contribution in [0.25, 0.3) is 0 Å². The molecule has 1 aliphatic heterocycles. The lowest BCUT2D eigenvalue weighted by atomic mass is 10.2. The predicted molar refractivity (Wildman–Crippen MR) is 103 cm³/mol. The van der Waals surface area contributed by atoms with Gasteiger partial charge in [-0.15, -0.1) is 0 Å². The van der Waals surface area contributed by atoms with E-state index in [1.165, 1.54) is 42.0 Å². The number of benzene rings is 1. The van der Waals surface area contributed by atoms with Gasteiger partial charge in [0.15, 0.2) is 5.96 Å². The standard InChI is InChI=1S/C18H30N4S/c1-2-3-4-5-10-20-18(19)21-15-16-6-8-17(9-7-16)22-11-13-23-14-12-22/h6-9H,2-5,10-15H2,1H3,(H3,19,20,21). The normalized spacial score (nSPS) is 15.7. The fraction of sp³-hybridized carbons (Fsp3) is 0.611. The molecule has 3 N–H and O–H groups in total. The van der Waals surface area contributed by atoms with Crippen LogP contribution in [0.1, 0.15) is 38.2 Å². The predicted octanol–water partition coefficient (Wildman–Crippen LogP) is 3.22. The number of rotatable bonds is 8. The Kier molecular flexibility index (Phi) is 8.15. The minimum absolute atomic E-state index is 0.554. The molecule has 0 spiro atoms. The second kappa shape index (κ2) is 10.4. The molecule has 23 heavy (non-hydrogen) atoms. The Morgan fingerprint density at radius 1 is 1.17 bits per heavy atom. The summed E-state index contributed by atoms with van der Waals surface area (Å²) in [5.74, 6) is 3.01. The van der Waals surface area contributed by atoms with Crippen LogP contribution in [-0.2, 0) is 6.54 Å². The largest absolute Gasteiger partial charge is 0.370 e. The number of nitrogens with zero attached hydrogens (tertiary/aromatic N) is 2. The van der Waals surface area contributed by atoms with Gasteiger partial charge in [-0.05, 0) is 24.1 Å². The van der Waals surface area contributed by atoms with Gasteiger partial charge in [0, 0.05) is 36.8 Å². The second-order valence-corrected chi connectivity index (χ2v) is 7.18. The molecule has 0 aliphatic carbocycles. The molecule has 4 nitrogen and oxygen atoms in total. The number of nitrogens with two attached hydrogens (primary N) is 1. The highest BCUT2D eigenvalue weighted by Gasteiger charge is 2.10. The van der Waals surface area contributed by atoms with Crippen LogP contribution in [0.5, 0.6) is 0 Å². The fourth-order valence-electron chi connectivity index (χ4n) is 2.63. The second-order valence-electron chi connectivity index (χ2n) is 5.95. The zero-order chi connectivity index (χ0) is 16.3. The Morgan fingerprint density at radius 3 is 2.61 bits per heavy atom. The quantitative estimate of drug-likeness (QED) is 0.435. The molecular weight excluding hydrogens is 304 g/mol. The molecule has 128 valence electrons. The number of guanidine groups is 1. The maximum absolute atomic E-state index is 5.91. The van der Waals surface area contributed by atoms with E-state index < -0.39 is 0 Å². The molecule has 5 heteroatoms. The molecule has 0 radical (unpaired) electrons. The van der Waals surface area contributed by atoms with E-state index in [9.17, 15) is 0 Å². The van der Waals surface area contributed by atoms with Crippen LogP contribution in [0, 0.1) is 0 Å². The Bertz CT molecular complexity index is 466. The third-order valence-corrected chi connectivity index (χ3v) is 5.02. The Morgan fingerprint density at radius 2 is 1.91 bits per heavy atom. The van der Waals surface area contributed by atoms with E-state index in [0.29, 0.717) is 12.5 Å². The first-order valence-electron chi connectivity index (χ1n) is 8.75. The first-order valence-corrected chi connectivity index (χ1v) is 9.90. The Balaban J connectivity index is 1.73. The lowest BCUT2D eigenvalue weighted by Crippen LogP contribution is -2.32. The van der Waals surface area contributed by atoms with Gasteiger partial charge in [-0.25, -0.2) is 4.99 Å². The third-order valence-electron chi connectivity index (χ3n) is 4.08. The van der Waals surface area contributed by atoms with Crippen molar-refractivity contribution in [3.05, 3.63) is 29.8 Å². The molecule has 0 bridgehead atoms. The molecule has 1 aromatic rings. The fourth-order valence-corrected chi connectivity index (χ4v) is 3.54. The number of anilines is 1. The summed E-state index contributed by atoms with van der Waals surface area (Å²) in [5.41, 5.74) is 8.44. The summed E-state index contributed by atoms with van der Waals surface area (Å²) in [4.78, 5) is 6.87. The van der Waals surface area contributed by atoms with E-state index in [2.05, 4.69) is 46.4 Å². The molecule has 1 saturated heterocycles. The van der Waals surface area contributed by atoms with Gasteiger partial charge < -0.3 is 16.0 Å². The van der Waals surface area contributed by atoms with Gasteiger partial charge in [0.2, 0.25) is 0 Å². The molecule has 2 rings (SSSR count). The molecule has 0 atom stereocenters. The van der Waals surface area contributed by atoms with Crippen LogP contribution in [0.4, 0.5) is 5.69 Å². The highest BCUT2D eigenvalue weighted by atomic mass is 32.2. The minimum Gasteiger partial charge on any atom is -0.370 e. The van der Waals surface area contributed by atoms with Crippen molar-refractivity contribution in [2.24, 2.45) is 10.7 Å². The minimum atomic E-state index is 0.554. The van der Waals surface area contributed by atoms with Crippen molar-refractivity contribution in [2.45, 2.75) is 39.2 Å². The van der Waals surface area contributed by atoms with Crippen LogP contribution in [0.15, 0.2) is 29.3 Å². The summed E-state index contributed by atoms with van der Waals surface area (Å²) in [7, 11) is 0. The van der Waals surface area contributed by atoms with E-state index in [0.717, 1.165) is 26.1 Å². The molecule has 0 unspecified atom stereocenters. The lowest BCUT2D eigenvalue weighted by molar-refractivity contribution is 0.652. The van der Waals surface area contributed by atoms with Crippen molar-refractivity contribution in [3.8, 4) is 0 Å². The van der Waals surface area contributed by atoms with Crippen LogP contribution in [0.2, 0.25) is 0 Å². The lowest BCUT2D eigenvalue weighted by Gasteiger charge is -2.28. The zero-order valence-electron chi connectivity index (χ0n) is 14.3.